The van der Waals surface area contributed by atoms with Crippen LogP contribution in [0.2, 0.25) is 5.02 Å². The Bertz CT molecular complexity index is 1610. The number of rotatable bonds is 9. The van der Waals surface area contributed by atoms with Gasteiger partial charge in [-0.3, -0.25) is 9.59 Å². The van der Waals surface area contributed by atoms with E-state index in [1.165, 1.54) is 11.8 Å². The molecule has 0 bridgehead atoms. The van der Waals surface area contributed by atoms with Crippen molar-refractivity contribution >= 4 is 72.2 Å². The van der Waals surface area contributed by atoms with Crippen LogP contribution in [0, 0.1) is 0 Å². The van der Waals surface area contributed by atoms with Crippen LogP contribution in [-0.2, 0) is 4.79 Å². The van der Waals surface area contributed by atoms with Crippen LogP contribution in [0.15, 0.2) is 73.4 Å². The Kier molecular flexibility index (Phi) is 9.42. The Morgan fingerprint density at radius 1 is 1.15 bits per heavy atom. The number of ether oxygens (including phenoxy) is 2. The number of hydrogen-bond acceptors (Lipinski definition) is 6. The standard InChI is InChI=1S/C28H25Br2ClN4O4/c1-4-16(2)27-34-23-10-5-18(29)12-21(23)28(37)35(27)32-14-17-11-24(38-3)25(13-22(17)30)39-15-26(36)33-20-8-6-19(31)7-9-20/h5-14,16H,4,15H2,1-3H3,(H,33,36)/t16-/m1/s1. The molecule has 0 saturated heterocycles. The lowest BCUT2D eigenvalue weighted by Crippen LogP contribution is -2.23. The molecule has 1 N–H and O–H groups in total. The minimum absolute atomic E-state index is 0.00988. The largest absolute Gasteiger partial charge is 0.493 e. The second-order valence-electron chi connectivity index (χ2n) is 8.67. The average Bonchev–Trinajstić information content (AvgIpc) is 2.93. The number of methoxy groups -OCH3 is 1. The fraction of sp³-hybridized carbons (Fsp3) is 0.214. The number of carbonyl (C=O) groups is 1. The second kappa shape index (κ2) is 12.8. The van der Waals surface area contributed by atoms with Crippen LogP contribution in [0.1, 0.15) is 37.6 Å². The molecule has 1 amide bonds. The number of amides is 1. The van der Waals surface area contributed by atoms with E-state index in [1.807, 2.05) is 26.0 Å². The molecule has 0 unspecified atom stereocenters. The molecular weight excluding hydrogens is 652 g/mol. The van der Waals surface area contributed by atoms with Crippen molar-refractivity contribution in [1.82, 2.24) is 9.66 Å². The van der Waals surface area contributed by atoms with Gasteiger partial charge in [0.1, 0.15) is 5.82 Å². The molecule has 0 spiro atoms. The SMILES string of the molecule is CC[C@@H](C)c1nc2ccc(Br)cc2c(=O)n1N=Cc1cc(OC)c(OCC(=O)Nc2ccc(Cl)cc2)cc1Br. The third-order valence-electron chi connectivity index (χ3n) is 5.97. The maximum absolute atomic E-state index is 13.4. The van der Waals surface area contributed by atoms with E-state index >= 15 is 0 Å². The molecular formula is C28H25Br2ClN4O4. The van der Waals surface area contributed by atoms with Crippen LogP contribution < -0.4 is 20.3 Å². The van der Waals surface area contributed by atoms with E-state index in [9.17, 15) is 9.59 Å². The summed E-state index contributed by atoms with van der Waals surface area (Å²) < 4.78 is 14.0. The Morgan fingerprint density at radius 2 is 1.90 bits per heavy atom. The molecule has 11 heteroatoms. The van der Waals surface area contributed by atoms with Gasteiger partial charge in [0.15, 0.2) is 18.1 Å². The number of benzene rings is 3. The maximum Gasteiger partial charge on any atom is 0.282 e. The Morgan fingerprint density at radius 3 is 2.59 bits per heavy atom. The summed E-state index contributed by atoms with van der Waals surface area (Å²) in [7, 11) is 1.50. The number of anilines is 1. The zero-order valence-electron chi connectivity index (χ0n) is 21.4. The van der Waals surface area contributed by atoms with Crippen LogP contribution in [0.4, 0.5) is 5.69 Å². The number of fused-ring (bicyclic) bond motifs is 1. The molecule has 1 atom stereocenters. The number of halogens is 3. The van der Waals surface area contributed by atoms with Crippen molar-refractivity contribution in [2.75, 3.05) is 19.0 Å². The summed E-state index contributed by atoms with van der Waals surface area (Å²) in [4.78, 5) is 30.5. The lowest BCUT2D eigenvalue weighted by atomic mass is 10.1. The van der Waals surface area contributed by atoms with E-state index in [0.717, 1.165) is 10.9 Å². The average molecular weight is 677 g/mol. The van der Waals surface area contributed by atoms with Gasteiger partial charge in [0, 0.05) is 31.1 Å². The molecule has 4 rings (SSSR count). The summed E-state index contributed by atoms with van der Waals surface area (Å²) in [6.07, 6.45) is 2.35. The number of carbonyl (C=O) groups excluding carboxylic acids is 1. The zero-order valence-corrected chi connectivity index (χ0v) is 25.3. The number of nitrogens with one attached hydrogen (secondary N) is 1. The highest BCUT2D eigenvalue weighted by atomic mass is 79.9. The molecule has 0 radical (unpaired) electrons. The predicted octanol–water partition coefficient (Wildman–Crippen LogP) is 7.00. The maximum atomic E-state index is 13.4. The Balaban J connectivity index is 1.60. The summed E-state index contributed by atoms with van der Waals surface area (Å²) >= 11 is 12.8. The zero-order chi connectivity index (χ0) is 28.1. The quantitative estimate of drug-likeness (QED) is 0.193. The molecule has 39 heavy (non-hydrogen) atoms. The third kappa shape index (κ3) is 6.87. The second-order valence-corrected chi connectivity index (χ2v) is 10.9. The monoisotopic (exact) mass is 674 g/mol. The molecule has 0 aliphatic carbocycles. The van der Waals surface area contributed by atoms with Crippen molar-refractivity contribution < 1.29 is 14.3 Å². The Labute approximate surface area is 247 Å². The van der Waals surface area contributed by atoms with Gasteiger partial charge >= 0.3 is 0 Å². The first kappa shape index (κ1) is 28.8. The molecule has 4 aromatic rings. The summed E-state index contributed by atoms with van der Waals surface area (Å²) in [5.41, 5.74) is 1.60. The van der Waals surface area contributed by atoms with Crippen LogP contribution in [0.5, 0.6) is 11.5 Å². The van der Waals surface area contributed by atoms with Gasteiger partial charge in [-0.05, 0) is 76.9 Å². The van der Waals surface area contributed by atoms with Crippen molar-refractivity contribution in [3.63, 3.8) is 0 Å². The molecule has 1 heterocycles. The van der Waals surface area contributed by atoms with Crippen molar-refractivity contribution in [1.29, 1.82) is 0 Å². The first-order chi connectivity index (χ1) is 18.7. The molecule has 0 saturated carbocycles. The minimum atomic E-state index is -0.339. The van der Waals surface area contributed by atoms with Crippen LogP contribution in [0.25, 0.3) is 10.9 Å². The number of aromatic nitrogens is 2. The van der Waals surface area contributed by atoms with Gasteiger partial charge in [-0.2, -0.15) is 9.78 Å². The summed E-state index contributed by atoms with van der Waals surface area (Å²) in [5.74, 6) is 1.00. The van der Waals surface area contributed by atoms with Gasteiger partial charge in [0.05, 0.1) is 24.2 Å². The van der Waals surface area contributed by atoms with Gasteiger partial charge in [-0.25, -0.2) is 4.98 Å². The lowest BCUT2D eigenvalue weighted by molar-refractivity contribution is -0.118. The van der Waals surface area contributed by atoms with E-state index in [4.69, 9.17) is 26.1 Å². The molecule has 0 fully saturated rings. The lowest BCUT2D eigenvalue weighted by Gasteiger charge is -2.15. The van der Waals surface area contributed by atoms with Gasteiger partial charge in [-0.15, -0.1) is 0 Å². The first-order valence-corrected chi connectivity index (χ1v) is 14.0. The van der Waals surface area contributed by atoms with Crippen LogP contribution in [-0.4, -0.2) is 35.5 Å². The van der Waals surface area contributed by atoms with E-state index in [2.05, 4.69) is 42.3 Å². The van der Waals surface area contributed by atoms with Crippen LogP contribution in [0.3, 0.4) is 0 Å². The van der Waals surface area contributed by atoms with Gasteiger partial charge in [0.25, 0.3) is 11.5 Å². The number of hydrogen-bond donors (Lipinski definition) is 1. The summed E-state index contributed by atoms with van der Waals surface area (Å²) in [6.45, 7) is 3.81. The predicted molar refractivity (Wildman–Crippen MR) is 162 cm³/mol. The molecule has 202 valence electrons. The normalized spacial score (nSPS) is 12.1. The van der Waals surface area contributed by atoms with E-state index in [-0.39, 0.29) is 24.0 Å². The van der Waals surface area contributed by atoms with Crippen molar-refractivity contribution in [3.8, 4) is 11.5 Å². The van der Waals surface area contributed by atoms with Crippen molar-refractivity contribution in [3.05, 3.63) is 90.3 Å². The molecule has 3 aromatic carbocycles. The highest BCUT2D eigenvalue weighted by Gasteiger charge is 2.16. The molecule has 0 aliphatic rings. The minimum Gasteiger partial charge on any atom is -0.493 e. The van der Waals surface area contributed by atoms with Gasteiger partial charge in [0.2, 0.25) is 0 Å². The fourth-order valence-electron chi connectivity index (χ4n) is 3.69. The van der Waals surface area contributed by atoms with Crippen molar-refractivity contribution in [2.24, 2.45) is 5.10 Å². The van der Waals surface area contributed by atoms with Crippen LogP contribution >= 0.6 is 43.5 Å². The van der Waals surface area contributed by atoms with E-state index in [1.54, 1.807) is 48.7 Å². The fourth-order valence-corrected chi connectivity index (χ4v) is 4.61. The molecule has 8 nitrogen and oxygen atoms in total. The topological polar surface area (TPSA) is 94.8 Å². The van der Waals surface area contributed by atoms with Gasteiger partial charge in [-0.1, -0.05) is 41.4 Å². The highest BCUT2D eigenvalue weighted by molar-refractivity contribution is 9.10. The molecule has 1 aromatic heterocycles. The summed E-state index contributed by atoms with van der Waals surface area (Å²) in [6, 6.07) is 15.6. The third-order valence-corrected chi connectivity index (χ3v) is 7.40. The number of nitrogens with zero attached hydrogens (tertiary/aromatic N) is 3. The highest BCUT2D eigenvalue weighted by Crippen LogP contribution is 2.33. The summed E-state index contributed by atoms with van der Waals surface area (Å²) in [5, 5.41) is 8.30. The van der Waals surface area contributed by atoms with E-state index in [0.29, 0.717) is 49.0 Å². The Hall–Kier alpha value is -3.21. The van der Waals surface area contributed by atoms with Gasteiger partial charge < -0.3 is 14.8 Å². The smallest absolute Gasteiger partial charge is 0.282 e. The molecule has 0 aliphatic heterocycles. The van der Waals surface area contributed by atoms with E-state index < -0.39 is 0 Å². The van der Waals surface area contributed by atoms with Crippen molar-refractivity contribution in [2.45, 2.75) is 26.2 Å². The first-order valence-electron chi connectivity index (χ1n) is 12.0.